The Balaban J connectivity index is 0.000000434. The first-order valence-electron chi connectivity index (χ1n) is 9.42. The maximum Gasteiger partial charge on any atom is 2.00 e. The molecule has 0 unspecified atom stereocenters. The Bertz CT molecular complexity index is 1060. The summed E-state index contributed by atoms with van der Waals surface area (Å²) in [4.78, 5) is -0.133. The molecule has 2 N–H and O–H groups in total. The van der Waals surface area contributed by atoms with Crippen LogP contribution in [0.3, 0.4) is 0 Å². The first kappa shape index (κ1) is 30.8. The molecule has 4 aromatic carbocycles. The number of hydrogen-bond donors (Lipinski definition) is 2. The van der Waals surface area contributed by atoms with Gasteiger partial charge in [-0.2, -0.15) is 53.2 Å². The molecule has 0 atom stereocenters. The van der Waals surface area contributed by atoms with Gasteiger partial charge < -0.3 is 0 Å². The molecule has 0 aliphatic rings. The van der Waals surface area contributed by atoms with Gasteiger partial charge in [-0.3, -0.25) is 9.11 Å². The third kappa shape index (κ3) is 14.6. The Hall–Kier alpha value is -2.16. The third-order valence-electron chi connectivity index (χ3n) is 3.75. The molecule has 0 aromatic heterocycles. The number of rotatable bonds is 2. The molecular weight excluding hydrogens is 540 g/mol. The molecular formula is C24H26O6S2Zr. The summed E-state index contributed by atoms with van der Waals surface area (Å²) in [5, 5.41) is 0. The fourth-order valence-corrected chi connectivity index (χ4v) is 3.02. The molecule has 0 fully saturated rings. The summed E-state index contributed by atoms with van der Waals surface area (Å²) in [6.45, 7) is 3.68. The normalized spacial score (nSPS) is 10.1. The van der Waals surface area contributed by atoms with Gasteiger partial charge in [0.1, 0.15) is 0 Å². The molecule has 4 aromatic rings. The van der Waals surface area contributed by atoms with E-state index in [1.165, 1.54) is 24.3 Å². The summed E-state index contributed by atoms with van der Waals surface area (Å²) in [6, 6.07) is 32.0. The molecule has 4 rings (SSSR count). The average molecular weight is 566 g/mol. The second-order valence-corrected chi connectivity index (χ2v) is 9.34. The SMILES string of the molecule is Cc1ccc(S(=O)(=O)O)cc1.Cc1ccc(S(=O)(=O)O)cc1.[Zr+2].c1cc[cH-]c1.c1cc[cH-]c1. The van der Waals surface area contributed by atoms with Crippen LogP contribution in [-0.2, 0) is 46.4 Å². The minimum absolute atomic E-state index is 0. The first-order valence-corrected chi connectivity index (χ1v) is 12.3. The number of benzene rings is 2. The van der Waals surface area contributed by atoms with Crippen LogP contribution in [0.25, 0.3) is 0 Å². The third-order valence-corrected chi connectivity index (χ3v) is 5.48. The monoisotopic (exact) mass is 564 g/mol. The smallest absolute Gasteiger partial charge is 0.282 e. The van der Waals surface area contributed by atoms with Crippen LogP contribution in [-0.4, -0.2) is 25.9 Å². The van der Waals surface area contributed by atoms with Crippen molar-refractivity contribution in [3.8, 4) is 0 Å². The van der Waals surface area contributed by atoms with Gasteiger partial charge in [0.2, 0.25) is 0 Å². The Labute approximate surface area is 215 Å². The van der Waals surface area contributed by atoms with Crippen molar-refractivity contribution in [1.82, 2.24) is 0 Å². The summed E-state index contributed by atoms with van der Waals surface area (Å²) in [5.74, 6) is 0. The van der Waals surface area contributed by atoms with Crippen LogP contribution in [0.5, 0.6) is 0 Å². The molecule has 0 saturated carbocycles. The van der Waals surface area contributed by atoms with E-state index in [0.717, 1.165) is 11.1 Å². The van der Waals surface area contributed by atoms with Crippen molar-refractivity contribution in [2.24, 2.45) is 0 Å². The van der Waals surface area contributed by atoms with Gasteiger partial charge >= 0.3 is 26.2 Å². The molecule has 9 heteroatoms. The largest absolute Gasteiger partial charge is 2.00 e. The van der Waals surface area contributed by atoms with E-state index in [1.54, 1.807) is 24.3 Å². The Morgan fingerprint density at radius 2 is 0.788 bits per heavy atom. The summed E-state index contributed by atoms with van der Waals surface area (Å²) >= 11 is 0. The van der Waals surface area contributed by atoms with Crippen molar-refractivity contribution in [2.75, 3.05) is 0 Å². The van der Waals surface area contributed by atoms with Crippen LogP contribution >= 0.6 is 0 Å². The summed E-state index contributed by atoms with van der Waals surface area (Å²) in [6.07, 6.45) is 0. The van der Waals surface area contributed by atoms with Crippen LogP contribution in [0.2, 0.25) is 0 Å². The van der Waals surface area contributed by atoms with Crippen LogP contribution in [0.4, 0.5) is 0 Å². The number of hydrogen-bond acceptors (Lipinski definition) is 4. The summed E-state index contributed by atoms with van der Waals surface area (Å²) in [7, 11) is -8.04. The van der Waals surface area contributed by atoms with Gasteiger partial charge in [-0.25, -0.2) is 24.3 Å². The maximum absolute atomic E-state index is 10.5. The minimum Gasteiger partial charge on any atom is -0.282 e. The molecule has 0 radical (unpaired) electrons. The van der Waals surface area contributed by atoms with E-state index >= 15 is 0 Å². The average Bonchev–Trinajstić information content (AvgIpc) is 3.47. The van der Waals surface area contributed by atoms with Crippen molar-refractivity contribution in [1.29, 1.82) is 0 Å². The zero-order chi connectivity index (χ0) is 24.0. The Morgan fingerprint density at radius 3 is 0.939 bits per heavy atom. The quantitative estimate of drug-likeness (QED) is 0.252. The zero-order valence-electron chi connectivity index (χ0n) is 18.2. The van der Waals surface area contributed by atoms with Crippen molar-refractivity contribution in [3.63, 3.8) is 0 Å². The predicted molar refractivity (Wildman–Crippen MR) is 126 cm³/mol. The molecule has 6 nitrogen and oxygen atoms in total. The van der Waals surface area contributed by atoms with E-state index in [0.29, 0.717) is 0 Å². The molecule has 0 amide bonds. The zero-order valence-corrected chi connectivity index (χ0v) is 22.3. The molecule has 0 spiro atoms. The van der Waals surface area contributed by atoms with E-state index in [4.69, 9.17) is 9.11 Å². The molecule has 0 aliphatic heterocycles. The minimum atomic E-state index is -4.02. The van der Waals surface area contributed by atoms with Crippen LogP contribution in [0.1, 0.15) is 11.1 Å². The van der Waals surface area contributed by atoms with Gasteiger partial charge in [-0.15, -0.1) is 0 Å². The summed E-state index contributed by atoms with van der Waals surface area (Å²) < 4.78 is 59.1. The predicted octanol–water partition coefficient (Wildman–Crippen LogP) is 5.29. The van der Waals surface area contributed by atoms with E-state index < -0.39 is 20.2 Å². The van der Waals surface area contributed by atoms with Crippen LogP contribution in [0, 0.1) is 13.8 Å². The molecule has 0 bridgehead atoms. The van der Waals surface area contributed by atoms with Crippen molar-refractivity contribution >= 4 is 20.2 Å². The van der Waals surface area contributed by atoms with Gasteiger partial charge in [-0.1, -0.05) is 35.4 Å². The van der Waals surface area contributed by atoms with E-state index in [2.05, 4.69) is 0 Å². The number of aryl methyl sites for hydroxylation is 2. The summed E-state index contributed by atoms with van der Waals surface area (Å²) in [5.41, 5.74) is 1.91. The van der Waals surface area contributed by atoms with Crippen LogP contribution < -0.4 is 0 Å². The molecule has 0 aliphatic carbocycles. The second-order valence-electron chi connectivity index (χ2n) is 6.50. The fraction of sp³-hybridized carbons (Fsp3) is 0.0833. The van der Waals surface area contributed by atoms with Gasteiger partial charge in [-0.05, 0) is 38.1 Å². The van der Waals surface area contributed by atoms with E-state index in [9.17, 15) is 16.8 Å². The molecule has 0 heterocycles. The van der Waals surface area contributed by atoms with E-state index in [1.807, 2.05) is 74.5 Å². The Kier molecular flexibility index (Phi) is 14.6. The molecule has 33 heavy (non-hydrogen) atoms. The van der Waals surface area contributed by atoms with Crippen molar-refractivity contribution in [2.45, 2.75) is 23.6 Å². The standard InChI is InChI=1S/2C7H8O3S.2C5H5.Zr/c2*1-6-2-4-7(5-3-6)11(8,9)10;2*1-2-4-5-3-1;/h2*2-5H,1H3,(H,8,9,10);2*1-5H;/q;;2*-1;+2. The topological polar surface area (TPSA) is 109 Å². The first-order chi connectivity index (χ1) is 15.0. The van der Waals surface area contributed by atoms with Gasteiger partial charge in [0, 0.05) is 0 Å². The molecule has 174 valence electrons. The Morgan fingerprint density at radius 1 is 0.545 bits per heavy atom. The van der Waals surface area contributed by atoms with Gasteiger partial charge in [0.15, 0.2) is 0 Å². The molecule has 0 saturated heterocycles. The van der Waals surface area contributed by atoms with Crippen molar-refractivity contribution in [3.05, 3.63) is 120 Å². The maximum atomic E-state index is 10.5. The van der Waals surface area contributed by atoms with E-state index in [-0.39, 0.29) is 36.0 Å². The van der Waals surface area contributed by atoms with Gasteiger partial charge in [0.25, 0.3) is 20.2 Å². The van der Waals surface area contributed by atoms with Crippen molar-refractivity contribution < 1.29 is 52.1 Å². The van der Waals surface area contributed by atoms with Crippen LogP contribution in [0.15, 0.2) is 119 Å². The van der Waals surface area contributed by atoms with Gasteiger partial charge in [0.05, 0.1) is 9.79 Å². The second kappa shape index (κ2) is 15.6. The fourth-order valence-electron chi connectivity index (χ4n) is 2.06.